The number of benzene rings is 1. The zero-order valence-corrected chi connectivity index (χ0v) is 15.3. The fraction of sp³-hybridized carbons (Fsp3) is 0.238. The van der Waals surface area contributed by atoms with E-state index in [4.69, 9.17) is 0 Å². The van der Waals surface area contributed by atoms with E-state index in [0.717, 1.165) is 16.8 Å². The Kier molecular flexibility index (Phi) is 5.14. The van der Waals surface area contributed by atoms with Gasteiger partial charge in [0.25, 0.3) is 0 Å². The third-order valence-corrected chi connectivity index (χ3v) is 4.90. The third-order valence-electron chi connectivity index (χ3n) is 4.90. The minimum Gasteiger partial charge on any atom is -0.352 e. The molecule has 3 aromatic rings. The fourth-order valence-corrected chi connectivity index (χ4v) is 3.40. The van der Waals surface area contributed by atoms with Gasteiger partial charge in [-0.25, -0.2) is 9.67 Å². The number of carbonyl (C=O) groups excluding carboxylic acids is 2. The van der Waals surface area contributed by atoms with Crippen LogP contribution in [-0.4, -0.2) is 26.6 Å². The summed E-state index contributed by atoms with van der Waals surface area (Å²) in [6.45, 7) is 0.363. The summed E-state index contributed by atoms with van der Waals surface area (Å²) in [6.07, 6.45) is 6.68. The normalized spacial score (nSPS) is 15.6. The van der Waals surface area contributed by atoms with Gasteiger partial charge in [-0.05, 0) is 36.6 Å². The molecule has 1 atom stereocenters. The van der Waals surface area contributed by atoms with Crippen LogP contribution in [-0.2, 0) is 22.6 Å². The summed E-state index contributed by atoms with van der Waals surface area (Å²) in [7, 11) is 0. The van der Waals surface area contributed by atoms with Crippen molar-refractivity contribution in [2.45, 2.75) is 25.8 Å². The fourth-order valence-electron chi connectivity index (χ4n) is 3.40. The van der Waals surface area contributed by atoms with Crippen LogP contribution in [0.4, 0.5) is 5.69 Å². The number of hydrogen-bond donors (Lipinski definition) is 2. The first-order valence-electron chi connectivity index (χ1n) is 9.30. The van der Waals surface area contributed by atoms with Gasteiger partial charge in [-0.15, -0.1) is 0 Å². The molecule has 2 amide bonds. The second kappa shape index (κ2) is 8.04. The summed E-state index contributed by atoms with van der Waals surface area (Å²) in [5.41, 5.74) is 2.87. The molecule has 142 valence electrons. The topological polar surface area (TPSA) is 88.9 Å². The van der Waals surface area contributed by atoms with Gasteiger partial charge in [0.05, 0.1) is 0 Å². The first-order valence-corrected chi connectivity index (χ1v) is 9.30. The van der Waals surface area contributed by atoms with Crippen molar-refractivity contribution < 1.29 is 9.59 Å². The van der Waals surface area contributed by atoms with Crippen molar-refractivity contribution >= 4 is 17.5 Å². The van der Waals surface area contributed by atoms with Gasteiger partial charge in [-0.1, -0.05) is 24.3 Å². The Hall–Kier alpha value is -3.48. The molecule has 2 N–H and O–H groups in total. The summed E-state index contributed by atoms with van der Waals surface area (Å²) >= 11 is 0. The molecule has 0 saturated heterocycles. The van der Waals surface area contributed by atoms with Crippen LogP contribution < -0.4 is 10.6 Å². The molecule has 0 aliphatic carbocycles. The van der Waals surface area contributed by atoms with E-state index in [-0.39, 0.29) is 17.7 Å². The van der Waals surface area contributed by atoms with E-state index in [1.54, 1.807) is 17.1 Å². The molecular formula is C21H21N5O2. The monoisotopic (exact) mass is 375 g/mol. The summed E-state index contributed by atoms with van der Waals surface area (Å²) in [4.78, 5) is 28.9. The number of fused-ring (bicyclic) bond motifs is 1. The lowest BCUT2D eigenvalue weighted by Gasteiger charge is -2.24. The van der Waals surface area contributed by atoms with Crippen molar-refractivity contribution in [2.75, 3.05) is 5.32 Å². The number of nitrogens with one attached hydrogen (secondary N) is 2. The van der Waals surface area contributed by atoms with E-state index in [0.29, 0.717) is 31.6 Å². The highest BCUT2D eigenvalue weighted by molar-refractivity contribution is 5.96. The predicted molar refractivity (Wildman–Crippen MR) is 105 cm³/mol. The van der Waals surface area contributed by atoms with Crippen LogP contribution >= 0.6 is 0 Å². The maximum atomic E-state index is 12.3. The van der Waals surface area contributed by atoms with Gasteiger partial charge < -0.3 is 10.6 Å². The molecule has 2 aromatic heterocycles. The average Bonchev–Trinajstić information content (AvgIpc) is 3.25. The van der Waals surface area contributed by atoms with E-state index >= 15 is 0 Å². The van der Waals surface area contributed by atoms with Crippen molar-refractivity contribution in [3.63, 3.8) is 0 Å². The molecule has 3 heterocycles. The van der Waals surface area contributed by atoms with Crippen molar-refractivity contribution in [2.24, 2.45) is 5.92 Å². The third kappa shape index (κ3) is 3.93. The number of aromatic nitrogens is 3. The van der Waals surface area contributed by atoms with Gasteiger partial charge in [0.1, 0.15) is 0 Å². The van der Waals surface area contributed by atoms with Crippen LogP contribution in [0.25, 0.3) is 5.82 Å². The lowest BCUT2D eigenvalue weighted by Crippen LogP contribution is -2.31. The second-order valence-corrected chi connectivity index (χ2v) is 6.80. The summed E-state index contributed by atoms with van der Waals surface area (Å²) < 4.78 is 1.67. The molecule has 1 aromatic carbocycles. The van der Waals surface area contributed by atoms with Gasteiger partial charge in [-0.2, -0.15) is 5.10 Å². The van der Waals surface area contributed by atoms with Crippen LogP contribution in [0.3, 0.4) is 0 Å². The largest absolute Gasteiger partial charge is 0.352 e. The molecule has 0 unspecified atom stereocenters. The smallest absolute Gasteiger partial charge is 0.227 e. The highest BCUT2D eigenvalue weighted by atomic mass is 16.2. The number of carbonyl (C=O) groups is 2. The van der Waals surface area contributed by atoms with Crippen LogP contribution in [0.1, 0.15) is 24.0 Å². The van der Waals surface area contributed by atoms with Gasteiger partial charge in [-0.3, -0.25) is 9.59 Å². The molecule has 0 bridgehead atoms. The summed E-state index contributed by atoms with van der Waals surface area (Å²) in [5.74, 6) is 0.413. The Morgan fingerprint density at radius 1 is 1.18 bits per heavy atom. The minimum atomic E-state index is -0.182. The van der Waals surface area contributed by atoms with E-state index in [2.05, 4.69) is 20.7 Å². The maximum Gasteiger partial charge on any atom is 0.227 e. The van der Waals surface area contributed by atoms with Crippen LogP contribution in [0.15, 0.2) is 61.1 Å². The van der Waals surface area contributed by atoms with Gasteiger partial charge in [0.2, 0.25) is 11.8 Å². The van der Waals surface area contributed by atoms with Crippen LogP contribution in [0.2, 0.25) is 0 Å². The molecule has 1 aliphatic rings. The average molecular weight is 375 g/mol. The van der Waals surface area contributed by atoms with E-state index in [1.165, 1.54) is 0 Å². The van der Waals surface area contributed by atoms with Crippen LogP contribution in [0.5, 0.6) is 0 Å². The molecule has 0 radical (unpaired) electrons. The Labute approximate surface area is 162 Å². The second-order valence-electron chi connectivity index (χ2n) is 6.80. The molecule has 4 rings (SSSR count). The number of para-hydroxylation sites is 1. The Balaban J connectivity index is 1.32. The summed E-state index contributed by atoms with van der Waals surface area (Å²) in [5, 5.41) is 10.0. The van der Waals surface area contributed by atoms with Gasteiger partial charge in [0.15, 0.2) is 5.82 Å². The number of nitrogens with zero attached hydrogens (tertiary/aromatic N) is 3. The number of amides is 2. The van der Waals surface area contributed by atoms with Crippen molar-refractivity contribution in [1.29, 1.82) is 0 Å². The van der Waals surface area contributed by atoms with Crippen LogP contribution in [0, 0.1) is 5.92 Å². The zero-order valence-electron chi connectivity index (χ0n) is 15.3. The predicted octanol–water partition coefficient (Wildman–Crippen LogP) is 2.47. The van der Waals surface area contributed by atoms with E-state index in [9.17, 15) is 9.59 Å². The van der Waals surface area contributed by atoms with Crippen molar-refractivity contribution in [3.05, 3.63) is 72.2 Å². The van der Waals surface area contributed by atoms with Crippen molar-refractivity contribution in [3.8, 4) is 5.82 Å². The Morgan fingerprint density at radius 2 is 2.07 bits per heavy atom. The number of anilines is 1. The number of hydrogen-bond acceptors (Lipinski definition) is 4. The van der Waals surface area contributed by atoms with Gasteiger partial charge in [0, 0.05) is 48.7 Å². The van der Waals surface area contributed by atoms with E-state index in [1.807, 2.05) is 48.7 Å². The SMILES string of the molecule is O=C(CC[C@H]1Cc2ccccc2NC1=O)NCc1cccnc1-n1cccn1. The Morgan fingerprint density at radius 3 is 2.93 bits per heavy atom. The highest BCUT2D eigenvalue weighted by Crippen LogP contribution is 2.27. The first kappa shape index (κ1) is 17.9. The lowest BCUT2D eigenvalue weighted by molar-refractivity contribution is -0.122. The minimum absolute atomic E-state index is 0.0141. The highest BCUT2D eigenvalue weighted by Gasteiger charge is 2.26. The number of rotatable bonds is 6. The molecular weight excluding hydrogens is 354 g/mol. The standard InChI is InChI=1S/C21H21N5O2/c27-19(9-8-16-13-15-5-1-2-7-18(15)25-21(16)28)23-14-17-6-3-10-22-20(17)26-12-4-11-24-26/h1-7,10-12,16H,8-9,13-14H2,(H,23,27)(H,25,28)/t16-/m0/s1. The quantitative estimate of drug-likeness (QED) is 0.693. The lowest BCUT2D eigenvalue weighted by atomic mass is 9.89. The van der Waals surface area contributed by atoms with Gasteiger partial charge >= 0.3 is 0 Å². The molecule has 0 spiro atoms. The number of pyridine rings is 1. The van der Waals surface area contributed by atoms with Crippen molar-refractivity contribution in [1.82, 2.24) is 20.1 Å². The first-order chi connectivity index (χ1) is 13.7. The summed E-state index contributed by atoms with van der Waals surface area (Å²) in [6, 6.07) is 13.4. The molecule has 7 nitrogen and oxygen atoms in total. The zero-order chi connectivity index (χ0) is 19.3. The molecule has 7 heteroatoms. The molecule has 0 fully saturated rings. The Bertz CT molecular complexity index is 984. The molecule has 28 heavy (non-hydrogen) atoms. The maximum absolute atomic E-state index is 12.3. The molecule has 1 aliphatic heterocycles. The molecule has 0 saturated carbocycles. The van der Waals surface area contributed by atoms with E-state index < -0.39 is 0 Å².